The largest absolute Gasteiger partial charge is 0.291 e. The van der Waals surface area contributed by atoms with Crippen LogP contribution >= 0.6 is 0 Å². The molecule has 0 radical (unpaired) electrons. The lowest BCUT2D eigenvalue weighted by atomic mass is 10.2. The molecular formula is C7H8FNO. The van der Waals surface area contributed by atoms with E-state index in [0.29, 0.717) is 11.3 Å². The summed E-state index contributed by atoms with van der Waals surface area (Å²) in [6.45, 7) is 1.64. The number of hydrogen-bond donors (Lipinski definition) is 2. The zero-order chi connectivity index (χ0) is 7.56. The van der Waals surface area contributed by atoms with Gasteiger partial charge in [0.25, 0.3) is 0 Å². The Morgan fingerprint density at radius 1 is 1.50 bits per heavy atom. The predicted molar refractivity (Wildman–Crippen MR) is 36.5 cm³/mol. The average Bonchev–Trinajstić information content (AvgIpc) is 1.95. The van der Waals surface area contributed by atoms with E-state index < -0.39 is 0 Å². The second-order valence-corrected chi connectivity index (χ2v) is 2.08. The Balaban J connectivity index is 3.04. The third kappa shape index (κ3) is 1.25. The first kappa shape index (κ1) is 7.02. The van der Waals surface area contributed by atoms with E-state index in [1.54, 1.807) is 6.92 Å². The molecule has 3 heteroatoms. The predicted octanol–water partition coefficient (Wildman–Crippen LogP) is 1.94. The second-order valence-electron chi connectivity index (χ2n) is 2.08. The molecule has 1 aromatic rings. The van der Waals surface area contributed by atoms with Gasteiger partial charge in [0, 0.05) is 0 Å². The maximum Gasteiger partial charge on any atom is 0.126 e. The molecule has 0 aromatic heterocycles. The maximum absolute atomic E-state index is 12.5. The van der Waals surface area contributed by atoms with Crippen LogP contribution in [0.2, 0.25) is 0 Å². The zero-order valence-corrected chi connectivity index (χ0v) is 5.56. The minimum atomic E-state index is -0.265. The van der Waals surface area contributed by atoms with Crippen LogP contribution in [-0.2, 0) is 0 Å². The molecule has 0 fully saturated rings. The van der Waals surface area contributed by atoms with Crippen LogP contribution in [0.3, 0.4) is 0 Å². The minimum Gasteiger partial charge on any atom is -0.291 e. The molecule has 0 amide bonds. The van der Waals surface area contributed by atoms with E-state index in [4.69, 9.17) is 5.21 Å². The van der Waals surface area contributed by atoms with Crippen LogP contribution in [0.1, 0.15) is 5.56 Å². The zero-order valence-electron chi connectivity index (χ0n) is 5.56. The number of hydrogen-bond acceptors (Lipinski definition) is 2. The third-order valence-electron chi connectivity index (χ3n) is 1.29. The van der Waals surface area contributed by atoms with Gasteiger partial charge in [-0.25, -0.2) is 4.39 Å². The van der Waals surface area contributed by atoms with Gasteiger partial charge in [-0.2, -0.15) is 0 Å². The molecule has 0 aliphatic heterocycles. The van der Waals surface area contributed by atoms with Crippen LogP contribution < -0.4 is 5.48 Å². The summed E-state index contributed by atoms with van der Waals surface area (Å²) in [7, 11) is 0. The third-order valence-corrected chi connectivity index (χ3v) is 1.29. The van der Waals surface area contributed by atoms with E-state index in [1.807, 2.05) is 5.48 Å². The van der Waals surface area contributed by atoms with Gasteiger partial charge < -0.3 is 0 Å². The van der Waals surface area contributed by atoms with Gasteiger partial charge in [-0.1, -0.05) is 0 Å². The van der Waals surface area contributed by atoms with Gasteiger partial charge in [-0.05, 0) is 30.7 Å². The molecule has 0 unspecified atom stereocenters. The standard InChI is InChI=1S/C7H8FNO/c1-5-4-6(9-10)2-3-7(5)8/h2-4,9-10H,1H3. The van der Waals surface area contributed by atoms with Crippen molar-refractivity contribution in [3.8, 4) is 0 Å². The molecular weight excluding hydrogens is 133 g/mol. The van der Waals surface area contributed by atoms with E-state index in [2.05, 4.69) is 0 Å². The molecule has 0 aliphatic rings. The van der Waals surface area contributed by atoms with Gasteiger partial charge in [0.15, 0.2) is 0 Å². The number of nitrogens with one attached hydrogen (secondary N) is 1. The van der Waals surface area contributed by atoms with Crippen LogP contribution in [0.5, 0.6) is 0 Å². The van der Waals surface area contributed by atoms with Crippen molar-refractivity contribution >= 4 is 5.69 Å². The first-order valence-corrected chi connectivity index (χ1v) is 2.90. The molecule has 1 aromatic carbocycles. The fourth-order valence-corrected chi connectivity index (χ4v) is 0.714. The Hall–Kier alpha value is -1.09. The van der Waals surface area contributed by atoms with Crippen molar-refractivity contribution in [2.24, 2.45) is 0 Å². The second kappa shape index (κ2) is 2.66. The summed E-state index contributed by atoms with van der Waals surface area (Å²) in [5.74, 6) is -0.265. The highest BCUT2D eigenvalue weighted by Gasteiger charge is 1.95. The Morgan fingerprint density at radius 3 is 2.70 bits per heavy atom. The van der Waals surface area contributed by atoms with Crippen LogP contribution in [-0.4, -0.2) is 5.21 Å². The molecule has 2 nitrogen and oxygen atoms in total. The van der Waals surface area contributed by atoms with Crippen molar-refractivity contribution in [3.05, 3.63) is 29.6 Å². The van der Waals surface area contributed by atoms with E-state index in [9.17, 15) is 4.39 Å². The highest BCUT2D eigenvalue weighted by atomic mass is 19.1. The van der Waals surface area contributed by atoms with Gasteiger partial charge >= 0.3 is 0 Å². The summed E-state index contributed by atoms with van der Waals surface area (Å²) in [6.07, 6.45) is 0. The van der Waals surface area contributed by atoms with Gasteiger partial charge in [0.1, 0.15) is 5.82 Å². The fourth-order valence-electron chi connectivity index (χ4n) is 0.714. The number of halogens is 1. The lowest BCUT2D eigenvalue weighted by Crippen LogP contribution is -1.90. The minimum absolute atomic E-state index is 0.265. The fraction of sp³-hybridized carbons (Fsp3) is 0.143. The molecule has 0 heterocycles. The number of anilines is 1. The Bertz CT molecular complexity index is 237. The first-order valence-electron chi connectivity index (χ1n) is 2.90. The summed E-state index contributed by atoms with van der Waals surface area (Å²) >= 11 is 0. The Morgan fingerprint density at radius 2 is 2.20 bits per heavy atom. The summed E-state index contributed by atoms with van der Waals surface area (Å²) in [4.78, 5) is 0. The van der Waals surface area contributed by atoms with E-state index in [0.717, 1.165) is 0 Å². The lowest BCUT2D eigenvalue weighted by Gasteiger charge is -1.99. The number of rotatable bonds is 1. The van der Waals surface area contributed by atoms with Crippen LogP contribution in [0.4, 0.5) is 10.1 Å². The van der Waals surface area contributed by atoms with E-state index >= 15 is 0 Å². The molecule has 0 saturated carbocycles. The molecule has 1 rings (SSSR count). The number of aryl methyl sites for hydroxylation is 1. The quantitative estimate of drug-likeness (QED) is 0.586. The van der Waals surface area contributed by atoms with Gasteiger partial charge in [-0.3, -0.25) is 10.7 Å². The molecule has 2 N–H and O–H groups in total. The van der Waals surface area contributed by atoms with Crippen LogP contribution in [0, 0.1) is 12.7 Å². The summed E-state index contributed by atoms with van der Waals surface area (Å²) in [5.41, 5.74) is 2.94. The summed E-state index contributed by atoms with van der Waals surface area (Å²) in [5, 5.41) is 8.38. The smallest absolute Gasteiger partial charge is 0.126 e. The highest BCUT2D eigenvalue weighted by molar-refractivity contribution is 5.43. The molecule has 0 bridgehead atoms. The van der Waals surface area contributed by atoms with Crippen molar-refractivity contribution in [3.63, 3.8) is 0 Å². The molecule has 0 saturated heterocycles. The van der Waals surface area contributed by atoms with E-state index in [-0.39, 0.29) is 5.82 Å². The highest BCUT2D eigenvalue weighted by Crippen LogP contribution is 2.12. The molecule has 10 heavy (non-hydrogen) atoms. The molecule has 54 valence electrons. The summed E-state index contributed by atoms with van der Waals surface area (Å²) in [6, 6.07) is 4.28. The first-order chi connectivity index (χ1) is 4.74. The SMILES string of the molecule is Cc1cc(NO)ccc1F. The van der Waals surface area contributed by atoms with Crippen molar-refractivity contribution < 1.29 is 9.60 Å². The van der Waals surface area contributed by atoms with Crippen LogP contribution in [0.25, 0.3) is 0 Å². The van der Waals surface area contributed by atoms with Gasteiger partial charge in [0.2, 0.25) is 0 Å². The summed E-state index contributed by atoms with van der Waals surface area (Å²) < 4.78 is 12.5. The normalized spacial score (nSPS) is 9.50. The Labute approximate surface area is 58.3 Å². The van der Waals surface area contributed by atoms with Crippen LogP contribution in [0.15, 0.2) is 18.2 Å². The molecule has 0 aliphatic carbocycles. The van der Waals surface area contributed by atoms with Crippen molar-refractivity contribution in [2.45, 2.75) is 6.92 Å². The topological polar surface area (TPSA) is 32.3 Å². The monoisotopic (exact) mass is 141 g/mol. The van der Waals surface area contributed by atoms with E-state index in [1.165, 1.54) is 18.2 Å². The maximum atomic E-state index is 12.5. The van der Waals surface area contributed by atoms with Crippen molar-refractivity contribution in [2.75, 3.05) is 5.48 Å². The van der Waals surface area contributed by atoms with Gasteiger partial charge in [-0.15, -0.1) is 0 Å². The van der Waals surface area contributed by atoms with Crippen molar-refractivity contribution in [1.82, 2.24) is 0 Å². The lowest BCUT2D eigenvalue weighted by molar-refractivity contribution is 0.388. The molecule has 0 atom stereocenters. The average molecular weight is 141 g/mol. The van der Waals surface area contributed by atoms with Crippen molar-refractivity contribution in [1.29, 1.82) is 0 Å². The van der Waals surface area contributed by atoms with Gasteiger partial charge in [0.05, 0.1) is 5.69 Å². The number of benzene rings is 1. The molecule has 0 spiro atoms. The Kier molecular flexibility index (Phi) is 1.87.